The lowest BCUT2D eigenvalue weighted by Gasteiger charge is -2.12. The molecule has 0 aliphatic carbocycles. The first-order chi connectivity index (χ1) is 16.5. The Morgan fingerprint density at radius 3 is 2.94 bits per heavy atom. The molecular weight excluding hydrogens is 460 g/mol. The van der Waals surface area contributed by atoms with Gasteiger partial charge < -0.3 is 30.2 Å². The number of ether oxygens (including phenoxy) is 2. The number of aliphatic hydroxyl groups excluding tert-OH is 1. The van der Waals surface area contributed by atoms with E-state index in [-0.39, 0.29) is 12.6 Å². The minimum absolute atomic E-state index is 0.159. The number of hydrogen-bond acceptors (Lipinski definition) is 10. The predicted molar refractivity (Wildman–Crippen MR) is 123 cm³/mol. The summed E-state index contributed by atoms with van der Waals surface area (Å²) in [5.74, 6) is 1.16. The van der Waals surface area contributed by atoms with Crippen molar-refractivity contribution in [3.63, 3.8) is 0 Å². The van der Waals surface area contributed by atoms with Gasteiger partial charge in [0.25, 0.3) is 0 Å². The first-order valence-electron chi connectivity index (χ1n) is 10.6. The summed E-state index contributed by atoms with van der Waals surface area (Å²) in [5, 5.41) is 19.9. The van der Waals surface area contributed by atoms with Crippen molar-refractivity contribution in [2.45, 2.75) is 36.0 Å². The molecule has 4 aromatic rings. The van der Waals surface area contributed by atoms with Crippen LogP contribution in [0.15, 0.2) is 40.8 Å². The van der Waals surface area contributed by atoms with Crippen LogP contribution >= 0.6 is 11.8 Å². The number of aliphatic hydroxyl groups is 1. The lowest BCUT2D eigenvalue weighted by atomic mass is 10.1. The smallest absolute Gasteiger partial charge is 0.248 e. The van der Waals surface area contributed by atoms with E-state index in [2.05, 4.69) is 25.5 Å². The van der Waals surface area contributed by atoms with Crippen molar-refractivity contribution in [3.8, 4) is 22.8 Å². The number of carbonyl (C=O) groups is 1. The summed E-state index contributed by atoms with van der Waals surface area (Å²) in [6.07, 6.45) is 2.69. The van der Waals surface area contributed by atoms with Crippen LogP contribution in [-0.4, -0.2) is 60.2 Å². The Labute approximate surface area is 197 Å². The van der Waals surface area contributed by atoms with E-state index >= 15 is 0 Å². The van der Waals surface area contributed by atoms with E-state index in [0.29, 0.717) is 47.3 Å². The van der Waals surface area contributed by atoms with E-state index in [1.54, 1.807) is 6.20 Å². The number of imidazole rings is 1. The van der Waals surface area contributed by atoms with Gasteiger partial charge in [0.05, 0.1) is 5.69 Å². The molecule has 0 fully saturated rings. The Kier molecular flexibility index (Phi) is 5.94. The summed E-state index contributed by atoms with van der Waals surface area (Å²) in [4.78, 5) is 25.7. The first-order valence-corrected chi connectivity index (χ1v) is 11.4. The Balaban J connectivity index is 1.49. The number of nitrogens with one attached hydrogen (secondary N) is 2. The molecule has 0 saturated heterocycles. The van der Waals surface area contributed by atoms with Crippen molar-refractivity contribution in [2.24, 2.45) is 0 Å². The molecule has 1 atom stereocenters. The fraction of sp³-hybridized carbons (Fsp3) is 0.286. The summed E-state index contributed by atoms with van der Waals surface area (Å²) < 4.78 is 13.1. The molecule has 1 aromatic carbocycles. The number of nitrogens with zero attached hydrogens (tertiary/aromatic N) is 5. The minimum Gasteiger partial charge on any atom is -0.454 e. The van der Waals surface area contributed by atoms with Gasteiger partial charge in [-0.15, -0.1) is 0 Å². The Hall–Kier alpha value is -3.84. The second-order valence-corrected chi connectivity index (χ2v) is 8.57. The number of fused-ring (bicyclic) bond motifs is 2. The van der Waals surface area contributed by atoms with Crippen molar-refractivity contribution < 1.29 is 19.4 Å². The minimum atomic E-state index is -1.06. The molecular formula is C21H22N8O4S. The van der Waals surface area contributed by atoms with Crippen molar-refractivity contribution in [3.05, 3.63) is 30.7 Å². The molecule has 0 bridgehead atoms. The van der Waals surface area contributed by atoms with Crippen LogP contribution in [0.3, 0.4) is 0 Å². The summed E-state index contributed by atoms with van der Waals surface area (Å²) in [6, 6.07) is 5.67. The first kappa shape index (κ1) is 22.0. The molecule has 3 aromatic heterocycles. The quantitative estimate of drug-likeness (QED) is 0.271. The third-order valence-corrected chi connectivity index (χ3v) is 6.27. The summed E-state index contributed by atoms with van der Waals surface area (Å²) >= 11 is 1.42. The number of nitrogen functional groups attached to an aromatic ring is 1. The summed E-state index contributed by atoms with van der Waals surface area (Å²) in [6.45, 7) is 2.48. The molecule has 5 rings (SSSR count). The van der Waals surface area contributed by atoms with E-state index in [1.165, 1.54) is 25.0 Å². The molecule has 1 aliphatic heterocycles. The molecule has 12 nitrogen and oxygen atoms in total. The van der Waals surface area contributed by atoms with Crippen molar-refractivity contribution in [2.75, 3.05) is 19.1 Å². The predicted octanol–water partition coefficient (Wildman–Crippen LogP) is 1.57. The Bertz CT molecular complexity index is 1340. The third-order valence-electron chi connectivity index (χ3n) is 5.22. The molecule has 0 spiro atoms. The van der Waals surface area contributed by atoms with Crippen LogP contribution in [-0.2, 0) is 11.3 Å². The molecule has 34 heavy (non-hydrogen) atoms. The number of aromatic amines is 1. The highest BCUT2D eigenvalue weighted by Crippen LogP contribution is 2.44. The maximum absolute atomic E-state index is 11.7. The number of anilines is 1. The highest BCUT2D eigenvalue weighted by molar-refractivity contribution is 7.99. The van der Waals surface area contributed by atoms with Gasteiger partial charge in [-0.3, -0.25) is 9.89 Å². The zero-order valence-corrected chi connectivity index (χ0v) is 19.0. The van der Waals surface area contributed by atoms with E-state index in [9.17, 15) is 9.90 Å². The molecule has 0 saturated carbocycles. The number of hydrogen-bond donors (Lipinski definition) is 4. The van der Waals surface area contributed by atoms with E-state index in [1.807, 2.05) is 22.8 Å². The van der Waals surface area contributed by atoms with Gasteiger partial charge in [0.15, 0.2) is 33.6 Å². The van der Waals surface area contributed by atoms with Crippen LogP contribution in [0.25, 0.3) is 22.4 Å². The van der Waals surface area contributed by atoms with Crippen molar-refractivity contribution in [1.29, 1.82) is 0 Å². The monoisotopic (exact) mass is 482 g/mol. The summed E-state index contributed by atoms with van der Waals surface area (Å²) in [5.41, 5.74) is 8.78. The van der Waals surface area contributed by atoms with Gasteiger partial charge in [0, 0.05) is 29.7 Å². The van der Waals surface area contributed by atoms with E-state index < -0.39 is 12.0 Å². The van der Waals surface area contributed by atoms with Crippen LogP contribution < -0.4 is 20.5 Å². The molecule has 1 amide bonds. The van der Waals surface area contributed by atoms with Gasteiger partial charge in [-0.1, -0.05) is 11.8 Å². The maximum Gasteiger partial charge on any atom is 0.248 e. The SMILES string of the molecule is C[C@H](O)C(=O)NCCCn1c(Sc2cc3c(cc2-c2cc[nH]n2)OCO3)nc2c(N)ncnc21. The van der Waals surface area contributed by atoms with Gasteiger partial charge in [0.2, 0.25) is 12.7 Å². The van der Waals surface area contributed by atoms with Gasteiger partial charge >= 0.3 is 0 Å². The van der Waals surface area contributed by atoms with Crippen LogP contribution in [0, 0.1) is 0 Å². The normalized spacial score (nSPS) is 13.4. The molecule has 176 valence electrons. The number of aryl methyl sites for hydroxylation is 1. The molecule has 5 N–H and O–H groups in total. The standard InChI is InChI=1S/C21H22N8O4S/c1-11(30)20(31)23-4-2-6-29-19-17(18(22)24-9-25-19)27-21(29)34-16-8-15-14(32-10-33-15)7-12(16)13-3-5-26-28-13/h3,5,7-9,11,30H,2,4,6,10H2,1H3,(H,23,31)(H,26,28)(H2,22,24,25)/t11-/m0/s1. The maximum atomic E-state index is 11.7. The van der Waals surface area contributed by atoms with Crippen LogP contribution in [0.4, 0.5) is 5.82 Å². The van der Waals surface area contributed by atoms with Crippen LogP contribution in [0.2, 0.25) is 0 Å². The fourth-order valence-corrected chi connectivity index (χ4v) is 4.59. The van der Waals surface area contributed by atoms with Gasteiger partial charge in [-0.25, -0.2) is 15.0 Å². The lowest BCUT2D eigenvalue weighted by Crippen LogP contribution is -2.33. The highest BCUT2D eigenvalue weighted by atomic mass is 32.2. The zero-order valence-electron chi connectivity index (χ0n) is 18.2. The van der Waals surface area contributed by atoms with Gasteiger partial charge in [-0.2, -0.15) is 5.10 Å². The largest absolute Gasteiger partial charge is 0.454 e. The van der Waals surface area contributed by atoms with Crippen molar-refractivity contribution >= 4 is 34.7 Å². The van der Waals surface area contributed by atoms with Crippen LogP contribution in [0.1, 0.15) is 13.3 Å². The van der Waals surface area contributed by atoms with E-state index in [4.69, 9.17) is 20.2 Å². The molecule has 4 heterocycles. The number of H-pyrrole nitrogens is 1. The number of rotatable bonds is 8. The van der Waals surface area contributed by atoms with Gasteiger partial charge in [0.1, 0.15) is 12.4 Å². The third kappa shape index (κ3) is 4.22. The van der Waals surface area contributed by atoms with Crippen molar-refractivity contribution in [1.82, 2.24) is 35.0 Å². The lowest BCUT2D eigenvalue weighted by molar-refractivity contribution is -0.128. The summed E-state index contributed by atoms with van der Waals surface area (Å²) in [7, 11) is 0. The van der Waals surface area contributed by atoms with Gasteiger partial charge in [-0.05, 0) is 31.5 Å². The second-order valence-electron chi connectivity index (χ2n) is 7.56. The topological polar surface area (TPSA) is 166 Å². The molecule has 13 heteroatoms. The fourth-order valence-electron chi connectivity index (χ4n) is 3.53. The number of carbonyl (C=O) groups excluding carboxylic acids is 1. The molecule has 0 unspecified atom stereocenters. The number of aromatic nitrogens is 6. The Morgan fingerprint density at radius 2 is 2.18 bits per heavy atom. The number of nitrogens with two attached hydrogens (primary N) is 1. The molecule has 0 radical (unpaired) electrons. The van der Waals surface area contributed by atoms with Crippen LogP contribution in [0.5, 0.6) is 11.5 Å². The zero-order chi connectivity index (χ0) is 23.7. The molecule has 1 aliphatic rings. The number of amides is 1. The van der Waals surface area contributed by atoms with E-state index in [0.717, 1.165) is 16.2 Å². The number of benzene rings is 1. The second kappa shape index (κ2) is 9.19. The highest BCUT2D eigenvalue weighted by Gasteiger charge is 2.23. The average Bonchev–Trinajstić information content (AvgIpc) is 3.57. The average molecular weight is 483 g/mol. The Morgan fingerprint density at radius 1 is 1.35 bits per heavy atom.